The van der Waals surface area contributed by atoms with Gasteiger partial charge in [0.15, 0.2) is 11.7 Å². The molecule has 0 unspecified atom stereocenters. The summed E-state index contributed by atoms with van der Waals surface area (Å²) in [6, 6.07) is 8.13. The van der Waals surface area contributed by atoms with Crippen LogP contribution in [0.4, 0.5) is 4.39 Å². The smallest absolute Gasteiger partial charge is 0.171 e. The molecule has 0 saturated heterocycles. The first-order valence-corrected chi connectivity index (χ1v) is 7.89. The van der Waals surface area contributed by atoms with Gasteiger partial charge in [-0.1, -0.05) is 40.1 Å². The summed E-state index contributed by atoms with van der Waals surface area (Å²) in [5.74, 6) is -0.679. The van der Waals surface area contributed by atoms with Crippen molar-refractivity contribution >= 4 is 56.7 Å². The Morgan fingerprint density at radius 3 is 2.57 bits per heavy atom. The summed E-state index contributed by atoms with van der Waals surface area (Å²) in [4.78, 5) is 1.11. The molecule has 8 heteroatoms. The molecule has 0 atom stereocenters. The van der Waals surface area contributed by atoms with Gasteiger partial charge in [-0.15, -0.1) is 0 Å². The molecule has 0 aliphatic heterocycles. The molecule has 2 rings (SSSR count). The molecule has 2 aromatic rings. The number of hydrogen-bond acceptors (Lipinski definition) is 3. The Kier molecular flexibility index (Phi) is 5.37. The van der Waals surface area contributed by atoms with Crippen LogP contribution in [-0.4, -0.2) is 11.0 Å². The largest absolute Gasteiger partial charge is 0.409 e. The summed E-state index contributed by atoms with van der Waals surface area (Å²) >= 11 is 16.1. The van der Waals surface area contributed by atoms with Crippen molar-refractivity contribution in [3.8, 4) is 0 Å². The van der Waals surface area contributed by atoms with Crippen molar-refractivity contribution in [3.05, 3.63) is 56.2 Å². The average molecular weight is 410 g/mol. The highest BCUT2D eigenvalue weighted by molar-refractivity contribution is 9.10. The van der Waals surface area contributed by atoms with E-state index in [4.69, 9.17) is 34.1 Å². The quantitative estimate of drug-likeness (QED) is 0.319. The lowest BCUT2D eigenvalue weighted by atomic mass is 10.2. The fraction of sp³-hybridized carbons (Fsp3) is 0. The topological polar surface area (TPSA) is 58.6 Å². The fourth-order valence-corrected chi connectivity index (χ4v) is 3.47. The molecule has 0 bridgehead atoms. The Balaban J connectivity index is 2.37. The van der Waals surface area contributed by atoms with Crippen LogP contribution in [0.1, 0.15) is 5.56 Å². The Morgan fingerprint density at radius 1 is 1.24 bits per heavy atom. The third kappa shape index (κ3) is 3.63. The van der Waals surface area contributed by atoms with Gasteiger partial charge in [-0.2, -0.15) is 0 Å². The normalized spacial score (nSPS) is 11.7. The number of nitrogens with two attached hydrogens (primary N) is 1. The number of hydrogen-bond donors (Lipinski definition) is 2. The number of nitrogens with zero attached hydrogens (tertiary/aromatic N) is 1. The number of rotatable bonds is 3. The number of halogens is 4. The highest BCUT2D eigenvalue weighted by Crippen LogP contribution is 2.36. The fourth-order valence-electron chi connectivity index (χ4n) is 1.53. The van der Waals surface area contributed by atoms with E-state index in [-0.39, 0.29) is 15.9 Å². The summed E-state index contributed by atoms with van der Waals surface area (Å²) in [6.07, 6.45) is 0. The number of oxime groups is 1. The van der Waals surface area contributed by atoms with Crippen LogP contribution < -0.4 is 5.73 Å². The van der Waals surface area contributed by atoms with Crippen LogP contribution in [0.5, 0.6) is 0 Å². The van der Waals surface area contributed by atoms with Crippen molar-refractivity contribution in [1.29, 1.82) is 0 Å². The Labute approximate surface area is 143 Å². The summed E-state index contributed by atoms with van der Waals surface area (Å²) in [5.41, 5.74) is 5.74. The zero-order chi connectivity index (χ0) is 15.6. The van der Waals surface area contributed by atoms with Crippen LogP contribution >= 0.6 is 50.9 Å². The van der Waals surface area contributed by atoms with E-state index in [9.17, 15) is 4.39 Å². The predicted molar refractivity (Wildman–Crippen MR) is 87.2 cm³/mol. The molecule has 0 amide bonds. The van der Waals surface area contributed by atoms with E-state index < -0.39 is 5.82 Å². The maximum Gasteiger partial charge on any atom is 0.171 e. The zero-order valence-electron chi connectivity index (χ0n) is 10.3. The molecule has 0 aliphatic carbocycles. The van der Waals surface area contributed by atoms with E-state index in [2.05, 4.69) is 21.1 Å². The monoisotopic (exact) mass is 408 g/mol. The van der Waals surface area contributed by atoms with Crippen molar-refractivity contribution in [3.63, 3.8) is 0 Å². The second-order valence-corrected chi connectivity index (χ2v) is 6.63. The molecule has 110 valence electrons. The first-order chi connectivity index (χ1) is 9.93. The van der Waals surface area contributed by atoms with E-state index in [0.717, 1.165) is 4.90 Å². The van der Waals surface area contributed by atoms with Gasteiger partial charge < -0.3 is 10.9 Å². The minimum Gasteiger partial charge on any atom is -0.409 e. The molecule has 3 nitrogen and oxygen atoms in total. The van der Waals surface area contributed by atoms with Crippen molar-refractivity contribution in [2.24, 2.45) is 10.9 Å². The molecular weight excluding hydrogens is 402 g/mol. The van der Waals surface area contributed by atoms with Gasteiger partial charge in [-0.25, -0.2) is 4.39 Å². The maximum atomic E-state index is 14.3. The highest BCUT2D eigenvalue weighted by atomic mass is 79.9. The minimum atomic E-state index is -0.504. The van der Waals surface area contributed by atoms with Gasteiger partial charge in [0.05, 0.1) is 14.5 Å². The standard InChI is InChI=1S/C13H8BrCl2FN2OS/c14-11-7(13(18)19-20)2-4-10(12(11)17)21-6-1-3-8(15)9(16)5-6/h1-5,20H,(H2,18,19). The maximum absolute atomic E-state index is 14.3. The van der Waals surface area contributed by atoms with Gasteiger partial charge in [0.25, 0.3) is 0 Å². The summed E-state index contributed by atoms with van der Waals surface area (Å²) in [6.45, 7) is 0. The molecule has 0 saturated carbocycles. The van der Waals surface area contributed by atoms with Crippen LogP contribution in [0.2, 0.25) is 10.0 Å². The van der Waals surface area contributed by atoms with E-state index in [1.807, 2.05) is 0 Å². The van der Waals surface area contributed by atoms with Crippen LogP contribution in [0.15, 0.2) is 49.8 Å². The van der Waals surface area contributed by atoms with E-state index in [1.54, 1.807) is 30.3 Å². The molecule has 3 N–H and O–H groups in total. The molecule has 0 heterocycles. The van der Waals surface area contributed by atoms with Gasteiger partial charge in [0.2, 0.25) is 0 Å². The van der Waals surface area contributed by atoms with Crippen molar-refractivity contribution in [2.75, 3.05) is 0 Å². The number of benzene rings is 2. The molecule has 0 aliphatic rings. The van der Waals surface area contributed by atoms with Crippen LogP contribution in [0.25, 0.3) is 0 Å². The van der Waals surface area contributed by atoms with Crippen molar-refractivity contribution in [2.45, 2.75) is 9.79 Å². The lowest BCUT2D eigenvalue weighted by Crippen LogP contribution is -2.14. The molecule has 0 aromatic heterocycles. The first kappa shape index (κ1) is 16.4. The van der Waals surface area contributed by atoms with Crippen molar-refractivity contribution in [1.82, 2.24) is 0 Å². The van der Waals surface area contributed by atoms with E-state index >= 15 is 0 Å². The van der Waals surface area contributed by atoms with Crippen LogP contribution in [-0.2, 0) is 0 Å². The molecule has 0 spiro atoms. The van der Waals surface area contributed by atoms with Gasteiger partial charge in [0.1, 0.15) is 0 Å². The Bertz CT molecular complexity index is 728. The Hall–Kier alpha value is -0.950. The molecule has 0 fully saturated rings. The number of amidine groups is 1. The summed E-state index contributed by atoms with van der Waals surface area (Å²) in [5, 5.41) is 12.3. The third-order valence-electron chi connectivity index (χ3n) is 2.55. The van der Waals surface area contributed by atoms with Gasteiger partial charge in [0, 0.05) is 15.4 Å². The average Bonchev–Trinajstić information content (AvgIpc) is 2.47. The highest BCUT2D eigenvalue weighted by Gasteiger charge is 2.15. The van der Waals surface area contributed by atoms with E-state index in [0.29, 0.717) is 14.9 Å². The minimum absolute atomic E-state index is 0.128. The van der Waals surface area contributed by atoms with Gasteiger partial charge in [-0.05, 0) is 46.3 Å². The lowest BCUT2D eigenvalue weighted by Gasteiger charge is -2.09. The molecular formula is C13H8BrCl2FN2OS. The molecule has 21 heavy (non-hydrogen) atoms. The van der Waals surface area contributed by atoms with Crippen molar-refractivity contribution < 1.29 is 9.60 Å². The first-order valence-electron chi connectivity index (χ1n) is 5.53. The zero-order valence-corrected chi connectivity index (χ0v) is 14.2. The molecule has 2 aromatic carbocycles. The third-order valence-corrected chi connectivity index (χ3v) is 5.09. The van der Waals surface area contributed by atoms with Crippen LogP contribution in [0.3, 0.4) is 0 Å². The lowest BCUT2D eigenvalue weighted by molar-refractivity contribution is 0.318. The molecule has 0 radical (unpaired) electrons. The van der Waals surface area contributed by atoms with Gasteiger partial charge in [-0.3, -0.25) is 0 Å². The summed E-state index contributed by atoms with van der Waals surface area (Å²) < 4.78 is 14.4. The Morgan fingerprint density at radius 2 is 1.95 bits per heavy atom. The van der Waals surface area contributed by atoms with Gasteiger partial charge >= 0.3 is 0 Å². The predicted octanol–water partition coefficient (Wildman–Crippen LogP) is 5.14. The second-order valence-electron chi connectivity index (χ2n) is 3.90. The van der Waals surface area contributed by atoms with Crippen LogP contribution in [0, 0.1) is 5.82 Å². The van der Waals surface area contributed by atoms with E-state index in [1.165, 1.54) is 11.8 Å². The SMILES string of the molecule is N/C(=N/O)c1ccc(Sc2ccc(Cl)c(Cl)c2)c(F)c1Br. The second kappa shape index (κ2) is 6.87. The summed E-state index contributed by atoms with van der Waals surface area (Å²) in [7, 11) is 0.